The highest BCUT2D eigenvalue weighted by Gasteiger charge is 2.24. The van der Waals surface area contributed by atoms with Crippen LogP contribution in [0.15, 0.2) is 15.5 Å². The number of hydrogen-bond donors (Lipinski definition) is 2. The molecular formula is C12H14N4O4. The number of carbonyl (C=O) groups is 2. The summed E-state index contributed by atoms with van der Waals surface area (Å²) < 4.78 is 5.30. The Kier molecular flexibility index (Phi) is 3.55. The molecule has 0 aliphatic heterocycles. The molecule has 0 saturated heterocycles. The number of amides is 2. The Balaban J connectivity index is 2.47. The first kappa shape index (κ1) is 13.8. The van der Waals surface area contributed by atoms with E-state index >= 15 is 0 Å². The molecule has 2 amide bonds. The Morgan fingerprint density at radius 1 is 1.50 bits per heavy atom. The molecule has 2 rings (SSSR count). The first-order chi connectivity index (χ1) is 9.45. The van der Waals surface area contributed by atoms with Crippen LogP contribution in [-0.4, -0.2) is 47.3 Å². The van der Waals surface area contributed by atoms with Gasteiger partial charge in [0, 0.05) is 14.1 Å². The highest BCUT2D eigenvalue weighted by Crippen LogP contribution is 2.21. The number of hydrogen-bond acceptors (Lipinski definition) is 5. The smallest absolute Gasteiger partial charge is 0.262 e. The van der Waals surface area contributed by atoms with Crippen molar-refractivity contribution in [1.82, 2.24) is 20.2 Å². The topological polar surface area (TPSA) is 108 Å². The fourth-order valence-electron chi connectivity index (χ4n) is 1.87. The predicted molar refractivity (Wildman–Crippen MR) is 70.4 cm³/mol. The Bertz CT molecular complexity index is 731. The summed E-state index contributed by atoms with van der Waals surface area (Å²) in [5.74, 6) is -0.486. The highest BCUT2D eigenvalue weighted by atomic mass is 16.3. The second kappa shape index (κ2) is 5.16. The molecule has 0 saturated carbocycles. The molecule has 0 atom stereocenters. The lowest BCUT2D eigenvalue weighted by Crippen LogP contribution is -2.37. The summed E-state index contributed by atoms with van der Waals surface area (Å²) in [5.41, 5.74) is -0.229. The van der Waals surface area contributed by atoms with E-state index in [-0.39, 0.29) is 34.9 Å². The van der Waals surface area contributed by atoms with E-state index in [1.807, 2.05) is 0 Å². The van der Waals surface area contributed by atoms with Gasteiger partial charge in [0.25, 0.3) is 11.5 Å². The third-order valence-corrected chi connectivity index (χ3v) is 2.89. The molecule has 106 valence electrons. The van der Waals surface area contributed by atoms with Crippen LogP contribution >= 0.6 is 0 Å². The first-order valence-electron chi connectivity index (χ1n) is 5.88. The van der Waals surface area contributed by atoms with Crippen LogP contribution < -0.4 is 10.9 Å². The largest absolute Gasteiger partial charge is 0.442 e. The number of rotatable bonds is 3. The summed E-state index contributed by atoms with van der Waals surface area (Å²) in [6.45, 7) is 1.46. The van der Waals surface area contributed by atoms with Gasteiger partial charge in [-0.05, 0) is 6.92 Å². The number of aromatic amines is 1. The van der Waals surface area contributed by atoms with Gasteiger partial charge in [-0.1, -0.05) is 0 Å². The van der Waals surface area contributed by atoms with Gasteiger partial charge in [-0.15, -0.1) is 0 Å². The lowest BCUT2D eigenvalue weighted by Gasteiger charge is -2.15. The molecule has 2 aromatic heterocycles. The Labute approximate surface area is 113 Å². The Morgan fingerprint density at radius 2 is 2.20 bits per heavy atom. The van der Waals surface area contributed by atoms with Crippen LogP contribution in [0.2, 0.25) is 0 Å². The number of carbonyl (C=O) groups excluding carboxylic acids is 2. The van der Waals surface area contributed by atoms with Crippen LogP contribution in [0.5, 0.6) is 0 Å². The summed E-state index contributed by atoms with van der Waals surface area (Å²) in [7, 11) is 2.95. The zero-order valence-electron chi connectivity index (χ0n) is 11.3. The minimum Gasteiger partial charge on any atom is -0.442 e. The Morgan fingerprint density at radius 3 is 2.85 bits per heavy atom. The van der Waals surface area contributed by atoms with Crippen molar-refractivity contribution in [3.05, 3.63) is 28.0 Å². The van der Waals surface area contributed by atoms with E-state index in [1.165, 1.54) is 25.3 Å². The molecule has 20 heavy (non-hydrogen) atoms. The minimum atomic E-state index is -0.469. The monoisotopic (exact) mass is 278 g/mol. The van der Waals surface area contributed by atoms with Crippen molar-refractivity contribution in [2.75, 3.05) is 20.6 Å². The van der Waals surface area contributed by atoms with Gasteiger partial charge in [0.05, 0.1) is 18.4 Å². The molecule has 0 aliphatic carbocycles. The van der Waals surface area contributed by atoms with E-state index in [0.717, 1.165) is 0 Å². The molecule has 2 N–H and O–H groups in total. The number of H-pyrrole nitrogens is 1. The lowest BCUT2D eigenvalue weighted by molar-refractivity contribution is -0.121. The summed E-state index contributed by atoms with van der Waals surface area (Å²) in [6.07, 6.45) is 1.20. The number of aromatic nitrogens is 2. The van der Waals surface area contributed by atoms with Crippen molar-refractivity contribution < 1.29 is 14.0 Å². The maximum Gasteiger partial charge on any atom is 0.262 e. The maximum atomic E-state index is 12.3. The second-order valence-electron chi connectivity index (χ2n) is 4.28. The number of likely N-dealkylation sites (N-methyl/N-ethyl adjacent to an activating group) is 2. The van der Waals surface area contributed by atoms with Crippen molar-refractivity contribution >= 4 is 22.9 Å². The van der Waals surface area contributed by atoms with Crippen molar-refractivity contribution in [1.29, 1.82) is 0 Å². The molecule has 0 aliphatic rings. The van der Waals surface area contributed by atoms with Gasteiger partial charge in [0.1, 0.15) is 11.1 Å². The van der Waals surface area contributed by atoms with Crippen molar-refractivity contribution in [2.24, 2.45) is 0 Å². The number of fused-ring (bicyclic) bond motifs is 1. The fourth-order valence-corrected chi connectivity index (χ4v) is 1.87. The SMILES string of the molecule is CNC(=O)CN(C)C(=O)c1c(C)oc2nc[nH]c(=O)c12. The van der Waals surface area contributed by atoms with Gasteiger partial charge in [-0.3, -0.25) is 14.4 Å². The van der Waals surface area contributed by atoms with Crippen molar-refractivity contribution in [3.8, 4) is 0 Å². The standard InChI is InChI=1S/C12H14N4O4/c1-6-8(12(19)16(3)4-7(17)13-2)9-10(18)14-5-15-11(9)20-6/h5H,4H2,1-3H3,(H,13,17)(H,14,15,18). The number of nitrogens with zero attached hydrogens (tertiary/aromatic N) is 2. The molecule has 8 heteroatoms. The molecule has 0 radical (unpaired) electrons. The minimum absolute atomic E-state index is 0.0961. The van der Waals surface area contributed by atoms with Gasteiger partial charge < -0.3 is 19.6 Å². The van der Waals surface area contributed by atoms with E-state index < -0.39 is 11.5 Å². The number of nitrogens with one attached hydrogen (secondary N) is 2. The average molecular weight is 278 g/mol. The summed E-state index contributed by atoms with van der Waals surface area (Å²) in [4.78, 5) is 42.9. The van der Waals surface area contributed by atoms with E-state index in [0.29, 0.717) is 0 Å². The van der Waals surface area contributed by atoms with Crippen LogP contribution in [0, 0.1) is 6.92 Å². The molecule has 8 nitrogen and oxygen atoms in total. The average Bonchev–Trinajstić information content (AvgIpc) is 2.75. The summed E-state index contributed by atoms with van der Waals surface area (Å²) >= 11 is 0. The first-order valence-corrected chi connectivity index (χ1v) is 5.88. The molecule has 0 unspecified atom stereocenters. The van der Waals surface area contributed by atoms with Crippen molar-refractivity contribution in [3.63, 3.8) is 0 Å². The predicted octanol–water partition coefficient (Wildman–Crippen LogP) is -0.357. The summed E-state index contributed by atoms with van der Waals surface area (Å²) in [5, 5.41) is 2.52. The van der Waals surface area contributed by atoms with Crippen LogP contribution in [0.1, 0.15) is 16.1 Å². The molecule has 0 aromatic carbocycles. The van der Waals surface area contributed by atoms with Crippen LogP contribution in [-0.2, 0) is 4.79 Å². The molecule has 0 spiro atoms. The third kappa shape index (κ3) is 2.27. The molecular weight excluding hydrogens is 264 g/mol. The third-order valence-electron chi connectivity index (χ3n) is 2.89. The molecule has 2 heterocycles. The lowest BCUT2D eigenvalue weighted by atomic mass is 10.1. The quantitative estimate of drug-likeness (QED) is 0.797. The zero-order chi connectivity index (χ0) is 14.9. The highest BCUT2D eigenvalue weighted by molar-refractivity contribution is 6.06. The van der Waals surface area contributed by atoms with E-state index in [9.17, 15) is 14.4 Å². The fraction of sp³-hybridized carbons (Fsp3) is 0.333. The normalized spacial score (nSPS) is 10.6. The van der Waals surface area contributed by atoms with Crippen LogP contribution in [0.4, 0.5) is 0 Å². The van der Waals surface area contributed by atoms with E-state index in [1.54, 1.807) is 6.92 Å². The number of aryl methyl sites for hydroxylation is 1. The molecule has 0 fully saturated rings. The van der Waals surface area contributed by atoms with Gasteiger partial charge >= 0.3 is 0 Å². The Hall–Kier alpha value is -2.64. The van der Waals surface area contributed by atoms with Crippen LogP contribution in [0.25, 0.3) is 11.1 Å². The molecule has 0 bridgehead atoms. The van der Waals surface area contributed by atoms with Gasteiger partial charge in [-0.25, -0.2) is 4.98 Å². The number of furan rings is 1. The van der Waals surface area contributed by atoms with E-state index in [4.69, 9.17) is 4.42 Å². The molecule has 2 aromatic rings. The summed E-state index contributed by atoms with van der Waals surface area (Å²) in [6, 6.07) is 0. The van der Waals surface area contributed by atoms with Crippen LogP contribution in [0.3, 0.4) is 0 Å². The second-order valence-corrected chi connectivity index (χ2v) is 4.28. The van der Waals surface area contributed by atoms with Crippen molar-refractivity contribution in [2.45, 2.75) is 6.92 Å². The van der Waals surface area contributed by atoms with Gasteiger partial charge in [0.2, 0.25) is 11.6 Å². The maximum absolute atomic E-state index is 12.3. The van der Waals surface area contributed by atoms with Gasteiger partial charge in [0.15, 0.2) is 0 Å². The van der Waals surface area contributed by atoms with Gasteiger partial charge in [-0.2, -0.15) is 0 Å². The zero-order valence-corrected chi connectivity index (χ0v) is 11.3. The van der Waals surface area contributed by atoms with E-state index in [2.05, 4.69) is 15.3 Å².